The molecule has 63 heavy (non-hydrogen) atoms. The minimum absolute atomic E-state index is 0.0668. The summed E-state index contributed by atoms with van der Waals surface area (Å²) < 4.78 is 16.8. The minimum Gasteiger partial charge on any atom is -0.462 e. The molecule has 0 aromatic carbocycles. The Bertz CT molecular complexity index is 978. The molecule has 0 aromatic rings. The zero-order valence-electron chi connectivity index (χ0n) is 42.6. The maximum absolute atomic E-state index is 12.8. The van der Waals surface area contributed by atoms with Crippen molar-refractivity contribution >= 4 is 17.9 Å². The summed E-state index contributed by atoms with van der Waals surface area (Å²) in [6.07, 6.45) is 59.2. The quantitative estimate of drug-likeness (QED) is 0.0262. The summed E-state index contributed by atoms with van der Waals surface area (Å²) in [5.74, 6) is -0.855. The Morgan fingerprint density at radius 2 is 0.524 bits per heavy atom. The van der Waals surface area contributed by atoms with Crippen LogP contribution in [0.3, 0.4) is 0 Å². The molecule has 6 nitrogen and oxygen atoms in total. The molecule has 0 aliphatic heterocycles. The first kappa shape index (κ1) is 61.1. The Hall–Kier alpha value is -1.85. The average Bonchev–Trinajstić information content (AvgIpc) is 3.28. The molecule has 0 amide bonds. The van der Waals surface area contributed by atoms with Crippen molar-refractivity contribution in [2.75, 3.05) is 13.2 Å². The Morgan fingerprint density at radius 1 is 0.302 bits per heavy atom. The van der Waals surface area contributed by atoms with Crippen molar-refractivity contribution in [3.8, 4) is 0 Å². The summed E-state index contributed by atoms with van der Waals surface area (Å²) in [6, 6.07) is 0. The van der Waals surface area contributed by atoms with Crippen molar-refractivity contribution < 1.29 is 28.6 Å². The van der Waals surface area contributed by atoms with Crippen LogP contribution in [0.25, 0.3) is 0 Å². The third kappa shape index (κ3) is 51.0. The number of allylic oxidation sites excluding steroid dienone is 2. The monoisotopic (exact) mass is 889 g/mol. The van der Waals surface area contributed by atoms with Crippen molar-refractivity contribution in [1.82, 2.24) is 0 Å². The second-order valence-corrected chi connectivity index (χ2v) is 19.2. The maximum Gasteiger partial charge on any atom is 0.306 e. The summed E-state index contributed by atoms with van der Waals surface area (Å²) in [5.41, 5.74) is 0. The van der Waals surface area contributed by atoms with Crippen LogP contribution >= 0.6 is 0 Å². The molecule has 6 heteroatoms. The van der Waals surface area contributed by atoms with Gasteiger partial charge in [0.15, 0.2) is 6.10 Å². The second kappa shape index (κ2) is 52.8. The number of carbonyl (C=O) groups excluding carboxylic acids is 3. The molecule has 0 saturated heterocycles. The highest BCUT2D eigenvalue weighted by molar-refractivity contribution is 5.71. The zero-order chi connectivity index (χ0) is 45.8. The maximum atomic E-state index is 12.8. The van der Waals surface area contributed by atoms with E-state index in [-0.39, 0.29) is 31.1 Å². The number of hydrogen-bond acceptors (Lipinski definition) is 6. The highest BCUT2D eigenvalue weighted by Crippen LogP contribution is 2.17. The van der Waals surface area contributed by atoms with E-state index in [1.165, 1.54) is 212 Å². The fraction of sp³-hybridized carbons (Fsp3) is 0.912. The van der Waals surface area contributed by atoms with Gasteiger partial charge >= 0.3 is 17.9 Å². The molecule has 1 atom stereocenters. The highest BCUT2D eigenvalue weighted by atomic mass is 16.6. The van der Waals surface area contributed by atoms with E-state index in [1.807, 2.05) is 0 Å². The average molecular weight is 889 g/mol. The third-order valence-electron chi connectivity index (χ3n) is 12.8. The smallest absolute Gasteiger partial charge is 0.306 e. The first-order valence-electron chi connectivity index (χ1n) is 28.2. The molecule has 0 heterocycles. The van der Waals surface area contributed by atoms with E-state index in [0.29, 0.717) is 19.3 Å². The van der Waals surface area contributed by atoms with Crippen molar-refractivity contribution in [3.05, 3.63) is 12.2 Å². The fourth-order valence-electron chi connectivity index (χ4n) is 8.50. The molecular formula is C57H108O6. The Kier molecular flexibility index (Phi) is 51.2. The molecule has 0 unspecified atom stereocenters. The number of hydrogen-bond donors (Lipinski definition) is 0. The lowest BCUT2D eigenvalue weighted by atomic mass is 10.0. The van der Waals surface area contributed by atoms with Crippen LogP contribution in [0.2, 0.25) is 0 Å². The van der Waals surface area contributed by atoms with Crippen LogP contribution in [0.5, 0.6) is 0 Å². The van der Waals surface area contributed by atoms with Crippen LogP contribution in [0.15, 0.2) is 12.2 Å². The molecule has 0 spiro atoms. The normalized spacial score (nSPS) is 12.0. The lowest BCUT2D eigenvalue weighted by Gasteiger charge is -2.18. The fourth-order valence-corrected chi connectivity index (χ4v) is 8.50. The molecule has 0 bridgehead atoms. The topological polar surface area (TPSA) is 78.9 Å². The SMILES string of the molecule is CCCCCCCC/C=C\CCCCCCCC(=O)OC[C@H](COC(=O)CCCCCCCCCCCCCCCCCCCCC)OC(=O)CCCCCCCCCCCCC. The molecule has 0 radical (unpaired) electrons. The van der Waals surface area contributed by atoms with Gasteiger partial charge in [-0.05, 0) is 44.9 Å². The van der Waals surface area contributed by atoms with E-state index < -0.39 is 6.10 Å². The van der Waals surface area contributed by atoms with Crippen molar-refractivity contribution in [2.45, 2.75) is 322 Å². The highest BCUT2D eigenvalue weighted by Gasteiger charge is 2.19. The lowest BCUT2D eigenvalue weighted by Crippen LogP contribution is -2.30. The molecule has 0 N–H and O–H groups in total. The summed E-state index contributed by atoms with van der Waals surface area (Å²) >= 11 is 0. The Morgan fingerprint density at radius 3 is 0.794 bits per heavy atom. The Labute approximate surface area is 392 Å². The van der Waals surface area contributed by atoms with E-state index >= 15 is 0 Å². The van der Waals surface area contributed by atoms with E-state index in [2.05, 4.69) is 32.9 Å². The summed E-state index contributed by atoms with van der Waals surface area (Å²) in [4.78, 5) is 38.0. The molecule has 0 rings (SSSR count). The van der Waals surface area contributed by atoms with Gasteiger partial charge in [0, 0.05) is 19.3 Å². The van der Waals surface area contributed by atoms with Gasteiger partial charge in [-0.25, -0.2) is 0 Å². The lowest BCUT2D eigenvalue weighted by molar-refractivity contribution is -0.167. The van der Waals surface area contributed by atoms with Crippen molar-refractivity contribution in [2.24, 2.45) is 0 Å². The first-order valence-corrected chi connectivity index (χ1v) is 28.2. The molecule has 0 aliphatic rings. The van der Waals surface area contributed by atoms with Gasteiger partial charge in [0.1, 0.15) is 13.2 Å². The Balaban J connectivity index is 4.26. The standard InChI is InChI=1S/C57H108O6/c1-4-7-10-13-16-19-22-24-26-27-28-29-31-33-36-38-41-44-47-50-56(59)62-53-54(63-57(60)51-48-45-42-39-34-21-18-15-12-9-6-3)52-61-55(58)49-46-43-40-37-35-32-30-25-23-20-17-14-11-8-5-2/h25,30,54H,4-24,26-29,31-53H2,1-3H3/b30-25-/t54-/m1/s1. The first-order chi connectivity index (χ1) is 31.0. The van der Waals surface area contributed by atoms with E-state index in [0.717, 1.165) is 64.2 Å². The second-order valence-electron chi connectivity index (χ2n) is 19.2. The van der Waals surface area contributed by atoms with Gasteiger partial charge in [0.05, 0.1) is 0 Å². The van der Waals surface area contributed by atoms with E-state index in [1.54, 1.807) is 0 Å². The molecular weight excluding hydrogens is 781 g/mol. The van der Waals surface area contributed by atoms with Gasteiger partial charge in [0.25, 0.3) is 0 Å². The molecule has 372 valence electrons. The molecule has 0 fully saturated rings. The number of esters is 3. The van der Waals surface area contributed by atoms with Gasteiger partial charge < -0.3 is 14.2 Å². The predicted octanol–water partition coefficient (Wildman–Crippen LogP) is 18.5. The number of unbranched alkanes of at least 4 members (excludes halogenated alkanes) is 39. The van der Waals surface area contributed by atoms with Crippen LogP contribution in [0.4, 0.5) is 0 Å². The van der Waals surface area contributed by atoms with Crippen LogP contribution in [-0.4, -0.2) is 37.2 Å². The predicted molar refractivity (Wildman–Crippen MR) is 270 cm³/mol. The number of rotatable bonds is 52. The summed E-state index contributed by atoms with van der Waals surface area (Å²) in [6.45, 7) is 6.67. The van der Waals surface area contributed by atoms with E-state index in [4.69, 9.17) is 14.2 Å². The van der Waals surface area contributed by atoms with E-state index in [9.17, 15) is 14.4 Å². The molecule has 0 aromatic heterocycles. The molecule has 0 saturated carbocycles. The van der Waals surface area contributed by atoms with Crippen molar-refractivity contribution in [3.63, 3.8) is 0 Å². The van der Waals surface area contributed by atoms with Gasteiger partial charge in [-0.1, -0.05) is 264 Å². The third-order valence-corrected chi connectivity index (χ3v) is 12.8. The summed E-state index contributed by atoms with van der Waals surface area (Å²) in [7, 11) is 0. The van der Waals surface area contributed by atoms with Crippen molar-refractivity contribution in [1.29, 1.82) is 0 Å². The largest absolute Gasteiger partial charge is 0.462 e. The van der Waals surface area contributed by atoms with Crippen LogP contribution in [0, 0.1) is 0 Å². The number of carbonyl (C=O) groups is 3. The van der Waals surface area contributed by atoms with Crippen LogP contribution in [0.1, 0.15) is 316 Å². The van der Waals surface area contributed by atoms with Gasteiger partial charge in [0.2, 0.25) is 0 Å². The number of ether oxygens (including phenoxy) is 3. The summed E-state index contributed by atoms with van der Waals surface area (Å²) in [5, 5.41) is 0. The van der Waals surface area contributed by atoms with Gasteiger partial charge in [-0.15, -0.1) is 0 Å². The van der Waals surface area contributed by atoms with Gasteiger partial charge in [-0.2, -0.15) is 0 Å². The molecule has 0 aliphatic carbocycles. The minimum atomic E-state index is -0.766. The van der Waals surface area contributed by atoms with Gasteiger partial charge in [-0.3, -0.25) is 14.4 Å². The van der Waals surface area contributed by atoms with Crippen LogP contribution in [-0.2, 0) is 28.6 Å². The zero-order valence-corrected chi connectivity index (χ0v) is 42.6. The van der Waals surface area contributed by atoms with Crippen LogP contribution < -0.4 is 0 Å².